The zero-order valence-electron chi connectivity index (χ0n) is 9.97. The van der Waals surface area contributed by atoms with Gasteiger partial charge in [-0.1, -0.05) is 42.5 Å². The summed E-state index contributed by atoms with van der Waals surface area (Å²) < 4.78 is 1.17. The summed E-state index contributed by atoms with van der Waals surface area (Å²) in [5, 5.41) is 10.5. The third kappa shape index (κ3) is 1.61. The van der Waals surface area contributed by atoms with Crippen LogP contribution in [0, 0.1) is 18.3 Å². The van der Waals surface area contributed by atoms with Gasteiger partial charge in [0.05, 0.1) is 10.4 Å². The molecule has 3 rings (SSSR count). The van der Waals surface area contributed by atoms with Crippen molar-refractivity contribution in [3.05, 3.63) is 59.7 Å². The van der Waals surface area contributed by atoms with E-state index < -0.39 is 0 Å². The summed E-state index contributed by atoms with van der Waals surface area (Å²) in [4.78, 5) is 1.08. The molecular formula is C16H11NS. The summed E-state index contributed by atoms with van der Waals surface area (Å²) in [5.41, 5.74) is 3.17. The molecule has 0 spiro atoms. The minimum atomic E-state index is 0.796. The fourth-order valence-corrected chi connectivity index (χ4v) is 3.42. The van der Waals surface area contributed by atoms with Gasteiger partial charge in [-0.2, -0.15) is 5.26 Å². The van der Waals surface area contributed by atoms with E-state index in [0.717, 1.165) is 21.4 Å². The minimum Gasteiger partial charge on any atom is -0.192 e. The largest absolute Gasteiger partial charge is 0.192 e. The Labute approximate surface area is 110 Å². The van der Waals surface area contributed by atoms with Gasteiger partial charge in [-0.05, 0) is 24.1 Å². The molecule has 2 aromatic carbocycles. The highest BCUT2D eigenvalue weighted by molar-refractivity contribution is 7.22. The van der Waals surface area contributed by atoms with Gasteiger partial charge < -0.3 is 0 Å². The first-order valence-electron chi connectivity index (χ1n) is 5.79. The summed E-state index contributed by atoms with van der Waals surface area (Å²) in [6, 6.07) is 18.7. The van der Waals surface area contributed by atoms with Crippen molar-refractivity contribution in [1.29, 1.82) is 5.26 Å². The van der Waals surface area contributed by atoms with Gasteiger partial charge in [-0.15, -0.1) is 11.3 Å². The SMILES string of the molecule is Cc1ccccc1-c1sc2ccccc2c1C#N. The number of thiophene rings is 1. The lowest BCUT2D eigenvalue weighted by Crippen LogP contribution is -1.82. The number of aryl methyl sites for hydroxylation is 1. The predicted molar refractivity (Wildman–Crippen MR) is 76.7 cm³/mol. The average Bonchev–Trinajstić information content (AvgIpc) is 2.77. The summed E-state index contributed by atoms with van der Waals surface area (Å²) in [5.74, 6) is 0. The lowest BCUT2D eigenvalue weighted by molar-refractivity contribution is 1.47. The van der Waals surface area contributed by atoms with Gasteiger partial charge >= 0.3 is 0 Å². The molecule has 0 atom stereocenters. The second kappa shape index (κ2) is 4.29. The van der Waals surface area contributed by atoms with Crippen LogP contribution in [0.25, 0.3) is 20.5 Å². The van der Waals surface area contributed by atoms with E-state index in [4.69, 9.17) is 0 Å². The van der Waals surface area contributed by atoms with Gasteiger partial charge in [0.15, 0.2) is 0 Å². The van der Waals surface area contributed by atoms with E-state index in [0.29, 0.717) is 0 Å². The molecule has 1 nitrogen and oxygen atoms in total. The van der Waals surface area contributed by atoms with E-state index in [1.165, 1.54) is 10.3 Å². The maximum atomic E-state index is 9.41. The molecule has 0 aliphatic rings. The highest BCUT2D eigenvalue weighted by atomic mass is 32.1. The van der Waals surface area contributed by atoms with Gasteiger partial charge in [0.25, 0.3) is 0 Å². The van der Waals surface area contributed by atoms with E-state index >= 15 is 0 Å². The van der Waals surface area contributed by atoms with Gasteiger partial charge in [0.2, 0.25) is 0 Å². The van der Waals surface area contributed by atoms with Crippen LogP contribution in [-0.2, 0) is 0 Å². The predicted octanol–water partition coefficient (Wildman–Crippen LogP) is 4.75. The molecule has 0 aliphatic heterocycles. The molecule has 86 valence electrons. The molecule has 0 unspecified atom stereocenters. The number of nitrogens with zero attached hydrogens (tertiary/aromatic N) is 1. The number of fused-ring (bicyclic) bond motifs is 1. The van der Waals surface area contributed by atoms with E-state index in [-0.39, 0.29) is 0 Å². The summed E-state index contributed by atoms with van der Waals surface area (Å²) in [6.45, 7) is 2.08. The normalized spacial score (nSPS) is 10.4. The van der Waals surface area contributed by atoms with Crippen LogP contribution in [0.4, 0.5) is 0 Å². The quantitative estimate of drug-likeness (QED) is 0.610. The number of benzene rings is 2. The lowest BCUT2D eigenvalue weighted by Gasteiger charge is -2.02. The third-order valence-electron chi connectivity index (χ3n) is 3.10. The van der Waals surface area contributed by atoms with Crippen LogP contribution in [0.15, 0.2) is 48.5 Å². The van der Waals surface area contributed by atoms with Gasteiger partial charge in [-0.25, -0.2) is 0 Å². The molecule has 0 bridgehead atoms. The number of hydrogen-bond donors (Lipinski definition) is 0. The Bertz CT molecular complexity index is 762. The van der Waals surface area contributed by atoms with E-state index in [2.05, 4.69) is 31.2 Å². The van der Waals surface area contributed by atoms with Crippen molar-refractivity contribution in [2.24, 2.45) is 0 Å². The van der Waals surface area contributed by atoms with Crippen LogP contribution in [-0.4, -0.2) is 0 Å². The Kier molecular flexibility index (Phi) is 2.62. The van der Waals surface area contributed by atoms with Crippen molar-refractivity contribution in [1.82, 2.24) is 0 Å². The van der Waals surface area contributed by atoms with Gasteiger partial charge in [-0.3, -0.25) is 0 Å². The number of hydrogen-bond acceptors (Lipinski definition) is 2. The molecule has 0 saturated heterocycles. The zero-order valence-corrected chi connectivity index (χ0v) is 10.8. The molecule has 0 saturated carbocycles. The monoisotopic (exact) mass is 249 g/mol. The molecule has 1 heterocycles. The standard InChI is InChI=1S/C16H11NS/c1-11-6-2-3-7-12(11)16-14(10-17)13-8-4-5-9-15(13)18-16/h2-9H,1H3. The van der Waals surface area contributed by atoms with Crippen LogP contribution in [0.3, 0.4) is 0 Å². The summed E-state index contributed by atoms with van der Waals surface area (Å²) >= 11 is 1.69. The number of rotatable bonds is 1. The first-order valence-corrected chi connectivity index (χ1v) is 6.60. The Balaban J connectivity index is 2.37. The first kappa shape index (κ1) is 11.0. The van der Waals surface area contributed by atoms with Crippen molar-refractivity contribution in [2.75, 3.05) is 0 Å². The molecule has 0 amide bonds. The second-order valence-corrected chi connectivity index (χ2v) is 5.28. The Morgan fingerprint density at radius 3 is 2.50 bits per heavy atom. The highest BCUT2D eigenvalue weighted by Gasteiger charge is 2.14. The van der Waals surface area contributed by atoms with Gasteiger partial charge in [0.1, 0.15) is 6.07 Å². The van der Waals surface area contributed by atoms with Crippen LogP contribution < -0.4 is 0 Å². The molecule has 1 aromatic heterocycles. The average molecular weight is 249 g/mol. The fraction of sp³-hybridized carbons (Fsp3) is 0.0625. The molecular weight excluding hydrogens is 238 g/mol. The maximum absolute atomic E-state index is 9.41. The fourth-order valence-electron chi connectivity index (χ4n) is 2.17. The molecule has 3 aromatic rings. The third-order valence-corrected chi connectivity index (χ3v) is 4.30. The molecule has 18 heavy (non-hydrogen) atoms. The van der Waals surface area contributed by atoms with Crippen molar-refractivity contribution < 1.29 is 0 Å². The first-order chi connectivity index (χ1) is 8.81. The minimum absolute atomic E-state index is 0.796. The molecule has 0 aliphatic carbocycles. The lowest BCUT2D eigenvalue weighted by atomic mass is 10.0. The van der Waals surface area contributed by atoms with E-state index in [1.54, 1.807) is 11.3 Å². The van der Waals surface area contributed by atoms with Crippen LogP contribution in [0.5, 0.6) is 0 Å². The topological polar surface area (TPSA) is 23.8 Å². The van der Waals surface area contributed by atoms with Crippen molar-refractivity contribution in [2.45, 2.75) is 6.92 Å². The molecule has 0 N–H and O–H groups in total. The van der Waals surface area contributed by atoms with Crippen LogP contribution in [0.1, 0.15) is 11.1 Å². The Morgan fingerprint density at radius 2 is 1.72 bits per heavy atom. The summed E-state index contributed by atoms with van der Waals surface area (Å²) in [7, 11) is 0. The summed E-state index contributed by atoms with van der Waals surface area (Å²) in [6.07, 6.45) is 0. The van der Waals surface area contributed by atoms with E-state index in [1.807, 2.05) is 30.3 Å². The Hall–Kier alpha value is -2.11. The van der Waals surface area contributed by atoms with Crippen molar-refractivity contribution in [3.63, 3.8) is 0 Å². The van der Waals surface area contributed by atoms with E-state index in [9.17, 15) is 5.26 Å². The number of nitriles is 1. The second-order valence-electron chi connectivity index (χ2n) is 4.23. The zero-order chi connectivity index (χ0) is 12.5. The molecule has 0 fully saturated rings. The highest BCUT2D eigenvalue weighted by Crippen LogP contribution is 2.39. The van der Waals surface area contributed by atoms with Gasteiger partial charge in [0, 0.05) is 10.1 Å². The Morgan fingerprint density at radius 1 is 1.00 bits per heavy atom. The maximum Gasteiger partial charge on any atom is 0.101 e. The van der Waals surface area contributed by atoms with Crippen LogP contribution >= 0.6 is 11.3 Å². The molecule has 2 heteroatoms. The molecule has 0 radical (unpaired) electrons. The van der Waals surface area contributed by atoms with Crippen LogP contribution in [0.2, 0.25) is 0 Å². The smallest absolute Gasteiger partial charge is 0.101 e. The van der Waals surface area contributed by atoms with Crippen molar-refractivity contribution >= 4 is 21.4 Å². The van der Waals surface area contributed by atoms with Crippen molar-refractivity contribution in [3.8, 4) is 16.5 Å².